The van der Waals surface area contributed by atoms with E-state index in [1.165, 1.54) is 0 Å². The lowest BCUT2D eigenvalue weighted by Crippen LogP contribution is -2.46. The summed E-state index contributed by atoms with van der Waals surface area (Å²) in [7, 11) is -1.62. The van der Waals surface area contributed by atoms with Crippen molar-refractivity contribution < 1.29 is 9.22 Å². The van der Waals surface area contributed by atoms with E-state index < -0.39 is 18.0 Å². The van der Waals surface area contributed by atoms with Crippen LogP contribution in [0.1, 0.15) is 24.8 Å². The van der Waals surface area contributed by atoms with E-state index >= 15 is 0 Å². The molecule has 1 atom stereocenters. The molecule has 2 rings (SSSR count). The summed E-state index contributed by atoms with van der Waals surface area (Å²) in [6.45, 7) is 6.91. The van der Waals surface area contributed by atoms with E-state index in [-0.39, 0.29) is 6.04 Å². The Morgan fingerprint density at radius 3 is 2.36 bits per heavy atom. The van der Waals surface area contributed by atoms with E-state index in [2.05, 4.69) is 25.7 Å². The van der Waals surface area contributed by atoms with Crippen LogP contribution in [-0.4, -0.2) is 29.0 Å². The minimum Gasteiger partial charge on any atom is -0.548 e. The Morgan fingerprint density at radius 1 is 1.24 bits per heavy atom. The number of benzene rings is 1. The fourth-order valence-corrected chi connectivity index (χ4v) is 4.17. The van der Waals surface area contributed by atoms with Gasteiger partial charge in [-0.15, -0.1) is 0 Å². The fourth-order valence-electron chi connectivity index (χ4n) is 2.88. The summed E-state index contributed by atoms with van der Waals surface area (Å²) in [5.41, 5.74) is 1.01. The Bertz CT molecular complexity index is 623. The quantitative estimate of drug-likeness (QED) is 0.453. The molecule has 1 unspecified atom stereocenters. The van der Waals surface area contributed by atoms with Gasteiger partial charge in [0.15, 0.2) is 0 Å². The molecule has 7 heteroatoms. The fraction of sp³-hybridized carbons (Fsp3) is 0.500. The number of allylic oxidation sites excluding steroid dienone is 1. The molecule has 0 aromatic heterocycles. The van der Waals surface area contributed by atoms with Crippen LogP contribution in [-0.2, 0) is 15.8 Å². The second-order valence-corrected chi connectivity index (χ2v) is 13.9. The van der Waals surface area contributed by atoms with Gasteiger partial charge in [0.25, 0.3) is 9.70 Å². The number of nitrogens with zero attached hydrogens (tertiary/aromatic N) is 1. The SMILES string of the molecule is C[Si](C)(C)OC1=CCC(N(Cc2ccccc2)C(=O)C(Cl)(Cl)Cl)CC1. The molecule has 1 aliphatic rings. The molecule has 25 heavy (non-hydrogen) atoms. The van der Waals surface area contributed by atoms with Gasteiger partial charge in [-0.05, 0) is 44.1 Å². The van der Waals surface area contributed by atoms with Gasteiger partial charge in [-0.2, -0.15) is 0 Å². The summed E-state index contributed by atoms with van der Waals surface area (Å²) >= 11 is 17.7. The Balaban J connectivity index is 2.15. The monoisotopic (exact) mass is 419 g/mol. The number of halogens is 3. The van der Waals surface area contributed by atoms with Gasteiger partial charge in [-0.1, -0.05) is 65.1 Å². The Hall–Kier alpha value is -0.683. The molecule has 1 aliphatic carbocycles. The van der Waals surface area contributed by atoms with Crippen molar-refractivity contribution in [3.05, 3.63) is 47.7 Å². The second kappa shape index (κ2) is 8.34. The van der Waals surface area contributed by atoms with Crippen LogP contribution >= 0.6 is 34.8 Å². The van der Waals surface area contributed by atoms with Crippen molar-refractivity contribution in [3.8, 4) is 0 Å². The topological polar surface area (TPSA) is 29.5 Å². The number of alkyl halides is 3. The van der Waals surface area contributed by atoms with Crippen LogP contribution in [0.25, 0.3) is 0 Å². The van der Waals surface area contributed by atoms with Gasteiger partial charge in [0, 0.05) is 19.0 Å². The molecule has 3 nitrogen and oxygen atoms in total. The maximum atomic E-state index is 12.7. The number of carbonyl (C=O) groups is 1. The first-order chi connectivity index (χ1) is 11.6. The maximum Gasteiger partial charge on any atom is 0.275 e. The van der Waals surface area contributed by atoms with Crippen LogP contribution in [0.15, 0.2) is 42.2 Å². The van der Waals surface area contributed by atoms with Crippen LogP contribution in [0.3, 0.4) is 0 Å². The summed E-state index contributed by atoms with van der Waals surface area (Å²) in [4.78, 5) is 14.3. The highest BCUT2D eigenvalue weighted by Crippen LogP contribution is 2.33. The molecular formula is C18H24Cl3NO2Si. The molecule has 0 aliphatic heterocycles. The third kappa shape index (κ3) is 6.52. The number of rotatable bonds is 5. The van der Waals surface area contributed by atoms with Crippen LogP contribution in [0, 0.1) is 0 Å². The van der Waals surface area contributed by atoms with Crippen LogP contribution in [0.2, 0.25) is 19.6 Å². The smallest absolute Gasteiger partial charge is 0.275 e. The van der Waals surface area contributed by atoms with E-state index in [9.17, 15) is 4.79 Å². The van der Waals surface area contributed by atoms with Crippen LogP contribution in [0.5, 0.6) is 0 Å². The normalized spacial score (nSPS) is 18.5. The minimum atomic E-state index is -1.95. The van der Waals surface area contributed by atoms with Crippen molar-refractivity contribution in [2.24, 2.45) is 0 Å². The highest BCUT2D eigenvalue weighted by atomic mass is 35.6. The number of hydrogen-bond acceptors (Lipinski definition) is 2. The molecular weight excluding hydrogens is 397 g/mol. The van der Waals surface area contributed by atoms with Crippen molar-refractivity contribution in [2.75, 3.05) is 0 Å². The molecule has 0 bridgehead atoms. The van der Waals surface area contributed by atoms with Crippen molar-refractivity contribution in [1.29, 1.82) is 0 Å². The van der Waals surface area contributed by atoms with Gasteiger partial charge < -0.3 is 9.33 Å². The Kier molecular flexibility index (Phi) is 6.88. The molecule has 0 fully saturated rings. The summed E-state index contributed by atoms with van der Waals surface area (Å²) in [5, 5.41) is 0. The van der Waals surface area contributed by atoms with E-state index in [0.717, 1.165) is 24.2 Å². The molecule has 138 valence electrons. The largest absolute Gasteiger partial charge is 0.548 e. The number of hydrogen-bond donors (Lipinski definition) is 0. The van der Waals surface area contributed by atoms with E-state index in [0.29, 0.717) is 13.0 Å². The van der Waals surface area contributed by atoms with Crippen LogP contribution < -0.4 is 0 Å². The van der Waals surface area contributed by atoms with Crippen molar-refractivity contribution in [1.82, 2.24) is 4.90 Å². The first-order valence-corrected chi connectivity index (χ1v) is 12.9. The number of amides is 1. The molecule has 0 radical (unpaired) electrons. The van der Waals surface area contributed by atoms with Gasteiger partial charge in [0.1, 0.15) is 0 Å². The lowest BCUT2D eigenvalue weighted by atomic mass is 9.98. The second-order valence-electron chi connectivity index (χ2n) is 7.23. The molecule has 0 spiro atoms. The first kappa shape index (κ1) is 20.6. The molecule has 0 N–H and O–H groups in total. The predicted octanol–water partition coefficient (Wildman–Crippen LogP) is 5.67. The molecule has 1 amide bonds. The van der Waals surface area contributed by atoms with Crippen molar-refractivity contribution >= 4 is 49.0 Å². The van der Waals surface area contributed by atoms with Crippen molar-refractivity contribution in [3.63, 3.8) is 0 Å². The lowest BCUT2D eigenvalue weighted by molar-refractivity contribution is -0.133. The third-order valence-electron chi connectivity index (χ3n) is 3.92. The first-order valence-electron chi connectivity index (χ1n) is 8.36. The van der Waals surface area contributed by atoms with E-state index in [1.807, 2.05) is 30.3 Å². The molecule has 0 heterocycles. The zero-order valence-corrected chi connectivity index (χ0v) is 18.0. The average Bonchev–Trinajstić information content (AvgIpc) is 2.51. The molecule has 0 saturated heterocycles. The summed E-state index contributed by atoms with van der Waals surface area (Å²) in [6, 6.07) is 9.75. The Labute approximate surface area is 166 Å². The molecule has 1 aromatic carbocycles. The lowest BCUT2D eigenvalue weighted by Gasteiger charge is -2.36. The maximum absolute atomic E-state index is 12.7. The molecule has 0 saturated carbocycles. The number of carbonyl (C=O) groups excluding carboxylic acids is 1. The van der Waals surface area contributed by atoms with Gasteiger partial charge in [0.05, 0.1) is 5.76 Å². The minimum absolute atomic E-state index is 0.00249. The van der Waals surface area contributed by atoms with Crippen LogP contribution in [0.4, 0.5) is 0 Å². The highest BCUT2D eigenvalue weighted by molar-refractivity contribution is 6.76. The molecule has 1 aromatic rings. The van der Waals surface area contributed by atoms with E-state index in [1.54, 1.807) is 4.90 Å². The average molecular weight is 421 g/mol. The van der Waals surface area contributed by atoms with E-state index in [4.69, 9.17) is 39.2 Å². The summed E-state index contributed by atoms with van der Waals surface area (Å²) in [6.07, 6.45) is 4.39. The highest BCUT2D eigenvalue weighted by Gasteiger charge is 2.38. The zero-order valence-electron chi connectivity index (χ0n) is 14.8. The van der Waals surface area contributed by atoms with Gasteiger partial charge in [-0.3, -0.25) is 4.79 Å². The Morgan fingerprint density at radius 2 is 1.88 bits per heavy atom. The van der Waals surface area contributed by atoms with Gasteiger partial charge in [0.2, 0.25) is 8.32 Å². The zero-order chi connectivity index (χ0) is 18.7. The third-order valence-corrected chi connectivity index (χ3v) is 5.28. The standard InChI is InChI=1S/C18H24Cl3NO2Si/c1-25(2,3)24-16-11-9-15(10-12-16)22(17(23)18(19,20)21)13-14-7-5-4-6-8-14/h4-8,11,15H,9-10,12-13H2,1-3H3. The summed E-state index contributed by atoms with van der Waals surface area (Å²) < 4.78 is 4.12. The predicted molar refractivity (Wildman–Crippen MR) is 107 cm³/mol. The summed E-state index contributed by atoms with van der Waals surface area (Å²) in [5.74, 6) is 0.547. The van der Waals surface area contributed by atoms with Gasteiger partial charge >= 0.3 is 0 Å². The van der Waals surface area contributed by atoms with Crippen molar-refractivity contribution in [2.45, 2.75) is 55.3 Å². The van der Waals surface area contributed by atoms with Gasteiger partial charge in [-0.25, -0.2) is 0 Å².